The summed E-state index contributed by atoms with van der Waals surface area (Å²) in [4.78, 5) is 25.2. The van der Waals surface area contributed by atoms with E-state index in [1.54, 1.807) is 18.3 Å². The summed E-state index contributed by atoms with van der Waals surface area (Å²) in [6.45, 7) is 4.80. The van der Waals surface area contributed by atoms with Gasteiger partial charge in [0.25, 0.3) is 5.91 Å². The van der Waals surface area contributed by atoms with E-state index >= 15 is 0 Å². The van der Waals surface area contributed by atoms with Crippen LogP contribution in [0.25, 0.3) is 5.82 Å². The average Bonchev–Trinajstić information content (AvgIpc) is 3.04. The molecule has 2 heterocycles. The molecular weight excluding hydrogens is 396 g/mol. The van der Waals surface area contributed by atoms with Crippen LogP contribution in [0.5, 0.6) is 0 Å². The number of anilines is 1. The van der Waals surface area contributed by atoms with E-state index < -0.39 is 0 Å². The van der Waals surface area contributed by atoms with Gasteiger partial charge in [-0.3, -0.25) is 9.36 Å². The highest BCUT2D eigenvalue weighted by Crippen LogP contribution is 2.13. The third kappa shape index (κ3) is 4.45. The number of amides is 1. The fourth-order valence-corrected chi connectivity index (χ4v) is 2.88. The quantitative estimate of drug-likeness (QED) is 0.605. The molecule has 2 N–H and O–H groups in total. The summed E-state index contributed by atoms with van der Waals surface area (Å²) in [6, 6.07) is 9.14. The fraction of sp³-hybridized carbons (Fsp3) is 0.222. The maximum atomic E-state index is 12.1. The number of rotatable bonds is 6. The smallest absolute Gasteiger partial charge is 0.251 e. The summed E-state index contributed by atoms with van der Waals surface area (Å²) in [6.07, 6.45) is 3.59. The molecule has 0 saturated heterocycles. The van der Waals surface area contributed by atoms with E-state index in [2.05, 4.69) is 41.5 Å². The number of imidazole rings is 1. The molecule has 1 aromatic carbocycles. The lowest BCUT2D eigenvalue weighted by molar-refractivity contribution is 0.0955. The molecule has 3 aromatic rings. The van der Waals surface area contributed by atoms with Gasteiger partial charge in [0, 0.05) is 41.6 Å². The lowest BCUT2D eigenvalue weighted by Gasteiger charge is -2.10. The monoisotopic (exact) mass is 414 g/mol. The molecule has 0 spiro atoms. The Labute approximate surface area is 160 Å². The number of halogens is 1. The Balaban J connectivity index is 1.58. The molecule has 0 aliphatic heterocycles. The van der Waals surface area contributed by atoms with Gasteiger partial charge in [-0.05, 0) is 32.0 Å². The SMILES string of the molecule is Cc1nc(NCCNC(=O)c2cccc(Br)c2)cc(-n2ccnc2C)n1. The number of nitrogens with one attached hydrogen (secondary N) is 2. The Bertz CT molecular complexity index is 924. The lowest BCUT2D eigenvalue weighted by Crippen LogP contribution is -2.29. The van der Waals surface area contributed by atoms with E-state index in [-0.39, 0.29) is 5.91 Å². The van der Waals surface area contributed by atoms with Crippen LogP contribution < -0.4 is 10.6 Å². The summed E-state index contributed by atoms with van der Waals surface area (Å²) in [7, 11) is 0. The first-order chi connectivity index (χ1) is 12.5. The van der Waals surface area contributed by atoms with Gasteiger partial charge in [-0.2, -0.15) is 0 Å². The Morgan fingerprint density at radius 3 is 2.77 bits per heavy atom. The van der Waals surface area contributed by atoms with Gasteiger partial charge in [0.05, 0.1) is 0 Å². The van der Waals surface area contributed by atoms with Crippen molar-refractivity contribution in [2.75, 3.05) is 18.4 Å². The summed E-state index contributed by atoms with van der Waals surface area (Å²) in [5, 5.41) is 6.10. The molecule has 0 unspecified atom stereocenters. The first kappa shape index (κ1) is 18.1. The predicted molar refractivity (Wildman–Crippen MR) is 104 cm³/mol. The van der Waals surface area contributed by atoms with Gasteiger partial charge in [-0.25, -0.2) is 15.0 Å². The maximum absolute atomic E-state index is 12.1. The van der Waals surface area contributed by atoms with Gasteiger partial charge in [-0.1, -0.05) is 22.0 Å². The molecule has 2 aromatic heterocycles. The van der Waals surface area contributed by atoms with Gasteiger partial charge in [0.2, 0.25) is 0 Å². The summed E-state index contributed by atoms with van der Waals surface area (Å²) in [5.74, 6) is 2.87. The molecule has 0 aliphatic carbocycles. The number of benzene rings is 1. The first-order valence-electron chi connectivity index (χ1n) is 8.16. The molecule has 3 rings (SSSR count). The van der Waals surface area contributed by atoms with Gasteiger partial charge in [0.15, 0.2) is 0 Å². The normalized spacial score (nSPS) is 10.6. The van der Waals surface area contributed by atoms with E-state index in [1.807, 2.05) is 42.8 Å². The zero-order valence-electron chi connectivity index (χ0n) is 14.5. The topological polar surface area (TPSA) is 84.7 Å². The number of hydrogen-bond acceptors (Lipinski definition) is 5. The second-order valence-corrected chi connectivity index (χ2v) is 6.61. The molecule has 8 heteroatoms. The predicted octanol–water partition coefficient (Wildman–Crippen LogP) is 2.88. The van der Waals surface area contributed by atoms with Crippen molar-refractivity contribution in [1.29, 1.82) is 0 Å². The van der Waals surface area contributed by atoms with Crippen LogP contribution in [0.4, 0.5) is 5.82 Å². The molecule has 0 aliphatic rings. The Kier molecular flexibility index (Phi) is 5.62. The number of nitrogens with zero attached hydrogens (tertiary/aromatic N) is 4. The summed E-state index contributed by atoms with van der Waals surface area (Å²) in [5.41, 5.74) is 0.620. The highest BCUT2D eigenvalue weighted by Gasteiger charge is 2.07. The van der Waals surface area contributed by atoms with E-state index in [0.717, 1.165) is 16.1 Å². The number of carbonyl (C=O) groups excluding carboxylic acids is 1. The zero-order chi connectivity index (χ0) is 18.5. The molecule has 0 fully saturated rings. The van der Waals surface area contributed by atoms with Crippen molar-refractivity contribution < 1.29 is 4.79 Å². The number of hydrogen-bond donors (Lipinski definition) is 2. The van der Waals surface area contributed by atoms with Gasteiger partial charge >= 0.3 is 0 Å². The second-order valence-electron chi connectivity index (χ2n) is 5.70. The van der Waals surface area contributed by atoms with Crippen LogP contribution in [0.1, 0.15) is 22.0 Å². The lowest BCUT2D eigenvalue weighted by atomic mass is 10.2. The maximum Gasteiger partial charge on any atom is 0.251 e. The van der Waals surface area contributed by atoms with Crippen molar-refractivity contribution in [1.82, 2.24) is 24.8 Å². The summed E-state index contributed by atoms with van der Waals surface area (Å²) >= 11 is 3.36. The second kappa shape index (κ2) is 8.09. The van der Waals surface area contributed by atoms with Crippen LogP contribution in [0, 0.1) is 13.8 Å². The van der Waals surface area contributed by atoms with Crippen molar-refractivity contribution in [3.63, 3.8) is 0 Å². The molecule has 134 valence electrons. The van der Waals surface area contributed by atoms with Gasteiger partial charge in [-0.15, -0.1) is 0 Å². The molecule has 0 saturated carbocycles. The molecule has 0 radical (unpaired) electrons. The molecular formula is C18H19BrN6O. The van der Waals surface area contributed by atoms with E-state index in [9.17, 15) is 4.79 Å². The highest BCUT2D eigenvalue weighted by molar-refractivity contribution is 9.10. The zero-order valence-corrected chi connectivity index (χ0v) is 16.1. The van der Waals surface area contributed by atoms with Crippen LogP contribution in [0.3, 0.4) is 0 Å². The van der Waals surface area contributed by atoms with Crippen LogP contribution in [-0.4, -0.2) is 38.5 Å². The Morgan fingerprint density at radius 1 is 1.19 bits per heavy atom. The number of aryl methyl sites for hydroxylation is 2. The minimum absolute atomic E-state index is 0.110. The van der Waals surface area contributed by atoms with Crippen molar-refractivity contribution in [2.24, 2.45) is 0 Å². The largest absolute Gasteiger partial charge is 0.368 e. The standard InChI is InChI=1S/C18H19BrN6O/c1-12-23-16(11-17(24-12)25-9-8-20-13(25)2)21-6-7-22-18(26)14-4-3-5-15(19)10-14/h3-5,8-11H,6-7H2,1-2H3,(H,22,26)(H,21,23,24). The van der Waals surface area contributed by atoms with Gasteiger partial charge in [0.1, 0.15) is 23.3 Å². The molecule has 0 bridgehead atoms. The van der Waals surface area contributed by atoms with Crippen LogP contribution >= 0.6 is 15.9 Å². The van der Waals surface area contributed by atoms with Crippen molar-refractivity contribution in [2.45, 2.75) is 13.8 Å². The van der Waals surface area contributed by atoms with E-state index in [0.29, 0.717) is 30.3 Å². The van der Waals surface area contributed by atoms with E-state index in [4.69, 9.17) is 0 Å². The van der Waals surface area contributed by atoms with Crippen molar-refractivity contribution in [3.8, 4) is 5.82 Å². The molecule has 1 amide bonds. The number of aromatic nitrogens is 4. The third-order valence-electron chi connectivity index (χ3n) is 3.70. The van der Waals surface area contributed by atoms with Gasteiger partial charge < -0.3 is 10.6 Å². The van der Waals surface area contributed by atoms with Crippen molar-refractivity contribution in [3.05, 3.63) is 64.4 Å². The average molecular weight is 415 g/mol. The molecule has 26 heavy (non-hydrogen) atoms. The first-order valence-corrected chi connectivity index (χ1v) is 8.96. The van der Waals surface area contributed by atoms with Crippen molar-refractivity contribution >= 4 is 27.7 Å². The van der Waals surface area contributed by atoms with Crippen LogP contribution in [0.2, 0.25) is 0 Å². The molecule has 7 nitrogen and oxygen atoms in total. The Hall–Kier alpha value is -2.74. The Morgan fingerprint density at radius 2 is 2.04 bits per heavy atom. The van der Waals surface area contributed by atoms with E-state index in [1.165, 1.54) is 0 Å². The summed E-state index contributed by atoms with van der Waals surface area (Å²) < 4.78 is 2.77. The minimum atomic E-state index is -0.110. The highest BCUT2D eigenvalue weighted by atomic mass is 79.9. The van der Waals surface area contributed by atoms with Crippen LogP contribution in [0.15, 0.2) is 47.2 Å². The molecule has 0 atom stereocenters. The minimum Gasteiger partial charge on any atom is -0.368 e. The fourth-order valence-electron chi connectivity index (χ4n) is 2.48. The third-order valence-corrected chi connectivity index (χ3v) is 4.19. The number of carbonyl (C=O) groups is 1. The van der Waals surface area contributed by atoms with Crippen LogP contribution in [-0.2, 0) is 0 Å².